The first-order chi connectivity index (χ1) is 13.0. The summed E-state index contributed by atoms with van der Waals surface area (Å²) < 4.78 is 12.7. The van der Waals surface area contributed by atoms with Crippen LogP contribution in [0.2, 0.25) is 0 Å². The van der Waals surface area contributed by atoms with Crippen molar-refractivity contribution in [3.8, 4) is 11.5 Å². The number of nitrogens with zero attached hydrogens (tertiary/aromatic N) is 1. The average molecular weight is 464 g/mol. The summed E-state index contributed by atoms with van der Waals surface area (Å²) in [5, 5.41) is 0. The third-order valence-corrected chi connectivity index (χ3v) is 5.57. The molecule has 4 nitrogen and oxygen atoms in total. The molecule has 1 amide bonds. The fourth-order valence-electron chi connectivity index (χ4n) is 2.59. The zero-order chi connectivity index (χ0) is 19.4. The Bertz CT molecular complexity index is 897. The van der Waals surface area contributed by atoms with E-state index in [1.807, 2.05) is 62.4 Å². The summed E-state index contributed by atoms with van der Waals surface area (Å²) in [6, 6.07) is 13.1. The number of thioether (sulfide) groups is 1. The van der Waals surface area contributed by atoms with Gasteiger partial charge in [-0.25, -0.2) is 0 Å². The number of hydrogen-bond acceptors (Lipinski definition) is 5. The summed E-state index contributed by atoms with van der Waals surface area (Å²) in [7, 11) is 0. The van der Waals surface area contributed by atoms with E-state index in [2.05, 4.69) is 15.9 Å². The highest BCUT2D eigenvalue weighted by Gasteiger charge is 2.33. The van der Waals surface area contributed by atoms with E-state index in [-0.39, 0.29) is 5.91 Å². The number of carbonyl (C=O) groups excluding carboxylic acids is 1. The third-order valence-electron chi connectivity index (χ3n) is 3.74. The molecule has 2 aromatic rings. The highest BCUT2D eigenvalue weighted by molar-refractivity contribution is 9.10. The van der Waals surface area contributed by atoms with Crippen molar-refractivity contribution in [1.29, 1.82) is 0 Å². The zero-order valence-corrected chi connectivity index (χ0v) is 18.1. The van der Waals surface area contributed by atoms with Crippen LogP contribution in [0.5, 0.6) is 11.5 Å². The first-order valence-corrected chi connectivity index (χ1v) is 10.5. The van der Waals surface area contributed by atoms with Crippen LogP contribution in [0.25, 0.3) is 6.08 Å². The molecular weight excluding hydrogens is 446 g/mol. The number of anilines is 1. The van der Waals surface area contributed by atoms with E-state index in [4.69, 9.17) is 21.7 Å². The van der Waals surface area contributed by atoms with E-state index < -0.39 is 0 Å². The van der Waals surface area contributed by atoms with Gasteiger partial charge in [0.15, 0.2) is 15.8 Å². The predicted molar refractivity (Wildman–Crippen MR) is 119 cm³/mol. The van der Waals surface area contributed by atoms with Crippen LogP contribution >= 0.6 is 39.9 Å². The lowest BCUT2D eigenvalue weighted by atomic mass is 10.1. The van der Waals surface area contributed by atoms with Gasteiger partial charge < -0.3 is 9.47 Å². The van der Waals surface area contributed by atoms with Crippen LogP contribution in [-0.2, 0) is 4.79 Å². The predicted octanol–water partition coefficient (Wildman–Crippen LogP) is 5.65. The van der Waals surface area contributed by atoms with E-state index >= 15 is 0 Å². The van der Waals surface area contributed by atoms with Gasteiger partial charge in [-0.2, -0.15) is 0 Å². The Morgan fingerprint density at radius 3 is 2.41 bits per heavy atom. The summed E-state index contributed by atoms with van der Waals surface area (Å²) in [6.07, 6.45) is 1.83. The number of ether oxygens (including phenoxy) is 2. The van der Waals surface area contributed by atoms with Crippen LogP contribution < -0.4 is 14.4 Å². The SMILES string of the molecule is CCOc1ccc(C=C2SC(=S)N(c3ccc(Br)cc3)C2=O)cc1OCC. The molecule has 0 spiro atoms. The molecular formula is C20H18BrNO3S2. The molecule has 140 valence electrons. The van der Waals surface area contributed by atoms with Gasteiger partial charge in [-0.15, -0.1) is 0 Å². The van der Waals surface area contributed by atoms with Crippen LogP contribution in [0.1, 0.15) is 19.4 Å². The van der Waals surface area contributed by atoms with E-state index in [0.29, 0.717) is 33.9 Å². The lowest BCUT2D eigenvalue weighted by Gasteiger charge is -2.14. The van der Waals surface area contributed by atoms with Crippen LogP contribution in [0, 0.1) is 0 Å². The molecule has 2 aromatic carbocycles. The Balaban J connectivity index is 1.89. The molecule has 27 heavy (non-hydrogen) atoms. The molecule has 0 aromatic heterocycles. The van der Waals surface area contributed by atoms with E-state index in [0.717, 1.165) is 15.7 Å². The van der Waals surface area contributed by atoms with Gasteiger partial charge in [0.05, 0.1) is 23.8 Å². The van der Waals surface area contributed by atoms with Gasteiger partial charge in [0, 0.05) is 4.47 Å². The monoisotopic (exact) mass is 463 g/mol. The van der Waals surface area contributed by atoms with Crippen molar-refractivity contribution in [1.82, 2.24) is 0 Å². The highest BCUT2D eigenvalue weighted by Crippen LogP contribution is 2.37. The molecule has 1 fully saturated rings. The molecule has 7 heteroatoms. The molecule has 0 bridgehead atoms. The Labute approximate surface area is 176 Å². The minimum atomic E-state index is -0.126. The number of thiocarbonyl (C=S) groups is 1. The van der Waals surface area contributed by atoms with Crippen molar-refractivity contribution in [3.63, 3.8) is 0 Å². The standard InChI is InChI=1S/C20H18BrNO3S2/c1-3-24-16-10-5-13(11-17(16)25-4-2)12-18-19(23)22(20(26)27-18)15-8-6-14(21)7-9-15/h5-12H,3-4H2,1-2H3. The number of halogens is 1. The van der Waals surface area contributed by atoms with E-state index in [9.17, 15) is 4.79 Å². The summed E-state index contributed by atoms with van der Waals surface area (Å²) in [4.78, 5) is 15.0. The molecule has 1 aliphatic heterocycles. The molecule has 1 aliphatic rings. The Hall–Kier alpha value is -1.83. The molecule has 0 unspecified atom stereocenters. The topological polar surface area (TPSA) is 38.8 Å². The molecule has 0 atom stereocenters. The second kappa shape index (κ2) is 8.91. The number of carbonyl (C=O) groups is 1. The largest absolute Gasteiger partial charge is 0.490 e. The molecule has 3 rings (SSSR count). The van der Waals surface area contributed by atoms with Gasteiger partial charge in [-0.1, -0.05) is 46.0 Å². The summed E-state index contributed by atoms with van der Waals surface area (Å²) >= 11 is 10.1. The van der Waals surface area contributed by atoms with Crippen LogP contribution in [0.3, 0.4) is 0 Å². The fraction of sp³-hybridized carbons (Fsp3) is 0.200. The van der Waals surface area contributed by atoms with E-state index in [1.54, 1.807) is 4.90 Å². The Morgan fingerprint density at radius 2 is 1.74 bits per heavy atom. The molecule has 0 radical (unpaired) electrons. The van der Waals surface area contributed by atoms with Crippen LogP contribution in [0.15, 0.2) is 51.8 Å². The molecule has 0 saturated carbocycles. The van der Waals surface area contributed by atoms with Crippen LogP contribution in [0.4, 0.5) is 5.69 Å². The van der Waals surface area contributed by atoms with Gasteiger partial charge in [-0.05, 0) is 61.9 Å². The lowest BCUT2D eigenvalue weighted by Crippen LogP contribution is -2.27. The first-order valence-electron chi connectivity index (χ1n) is 8.46. The minimum absolute atomic E-state index is 0.126. The lowest BCUT2D eigenvalue weighted by molar-refractivity contribution is -0.113. The van der Waals surface area contributed by atoms with Gasteiger partial charge in [0.1, 0.15) is 0 Å². The summed E-state index contributed by atoms with van der Waals surface area (Å²) in [5.41, 5.74) is 1.61. The summed E-state index contributed by atoms with van der Waals surface area (Å²) in [6.45, 7) is 4.95. The van der Waals surface area contributed by atoms with Crippen molar-refractivity contribution >= 4 is 61.9 Å². The van der Waals surface area contributed by atoms with Crippen molar-refractivity contribution in [3.05, 3.63) is 57.4 Å². The normalized spacial score (nSPS) is 15.5. The first kappa shape index (κ1) is 19.9. The maximum absolute atomic E-state index is 12.9. The number of rotatable bonds is 6. The highest BCUT2D eigenvalue weighted by atomic mass is 79.9. The second-order valence-electron chi connectivity index (χ2n) is 5.57. The molecule has 0 N–H and O–H groups in total. The average Bonchev–Trinajstić information content (AvgIpc) is 2.92. The quantitative estimate of drug-likeness (QED) is 0.408. The summed E-state index contributed by atoms with van der Waals surface area (Å²) in [5.74, 6) is 1.23. The molecule has 1 heterocycles. The number of hydrogen-bond donors (Lipinski definition) is 0. The Morgan fingerprint density at radius 1 is 1.07 bits per heavy atom. The van der Waals surface area contributed by atoms with Gasteiger partial charge >= 0.3 is 0 Å². The fourth-order valence-corrected chi connectivity index (χ4v) is 4.15. The van der Waals surface area contributed by atoms with Gasteiger partial charge in [0.2, 0.25) is 0 Å². The molecule has 0 aliphatic carbocycles. The Kier molecular flexibility index (Phi) is 6.57. The van der Waals surface area contributed by atoms with Crippen molar-refractivity contribution in [2.24, 2.45) is 0 Å². The second-order valence-corrected chi connectivity index (χ2v) is 8.16. The third kappa shape index (κ3) is 4.54. The maximum Gasteiger partial charge on any atom is 0.270 e. The smallest absolute Gasteiger partial charge is 0.270 e. The van der Waals surface area contributed by atoms with Crippen molar-refractivity contribution < 1.29 is 14.3 Å². The van der Waals surface area contributed by atoms with E-state index in [1.165, 1.54) is 11.8 Å². The maximum atomic E-state index is 12.9. The van der Waals surface area contributed by atoms with Crippen molar-refractivity contribution in [2.75, 3.05) is 18.1 Å². The zero-order valence-electron chi connectivity index (χ0n) is 14.9. The number of amides is 1. The number of benzene rings is 2. The van der Waals surface area contributed by atoms with Crippen LogP contribution in [-0.4, -0.2) is 23.4 Å². The molecule has 1 saturated heterocycles. The van der Waals surface area contributed by atoms with Crippen molar-refractivity contribution in [2.45, 2.75) is 13.8 Å². The minimum Gasteiger partial charge on any atom is -0.490 e. The van der Waals surface area contributed by atoms with Gasteiger partial charge in [-0.3, -0.25) is 9.69 Å². The van der Waals surface area contributed by atoms with Gasteiger partial charge in [0.25, 0.3) is 5.91 Å².